The Morgan fingerprint density at radius 1 is 0.967 bits per heavy atom. The Bertz CT molecular complexity index is 1350. The molecule has 0 radical (unpaired) electrons. The number of rotatable bonds is 3. The van der Waals surface area contributed by atoms with Gasteiger partial charge < -0.3 is 16.0 Å². The van der Waals surface area contributed by atoms with Crippen LogP contribution < -0.4 is 11.5 Å². The van der Waals surface area contributed by atoms with E-state index in [4.69, 9.17) is 11.5 Å². The van der Waals surface area contributed by atoms with Crippen molar-refractivity contribution >= 4 is 43.7 Å². The highest BCUT2D eigenvalue weighted by Gasteiger charge is 2.31. The highest BCUT2D eigenvalue weighted by molar-refractivity contribution is 7.89. The summed E-state index contributed by atoms with van der Waals surface area (Å²) < 4.78 is 30.2. The molecule has 1 fully saturated rings. The van der Waals surface area contributed by atoms with Crippen molar-refractivity contribution in [1.29, 1.82) is 0 Å². The Morgan fingerprint density at radius 2 is 1.70 bits per heavy atom. The second-order valence-electron chi connectivity index (χ2n) is 7.40. The van der Waals surface area contributed by atoms with Gasteiger partial charge in [0.1, 0.15) is 5.52 Å². The standard InChI is InChI=1S/C20H21N7O2S/c21-18-17-19(25-20(22)24-18)27(12-23-17)14-8-10-26(11-9-14)30(28,29)16-7-3-5-13-4-1-2-6-15(13)16/h1-7,12,14H,8-11H2,(H4,21,22,24,25). The van der Waals surface area contributed by atoms with Crippen LogP contribution in [0.25, 0.3) is 21.9 Å². The Balaban J connectivity index is 1.42. The predicted octanol–water partition coefficient (Wildman–Crippen LogP) is 2.17. The molecule has 0 unspecified atom stereocenters. The van der Waals surface area contributed by atoms with Crippen LogP contribution in [0.15, 0.2) is 53.7 Å². The topological polar surface area (TPSA) is 133 Å². The van der Waals surface area contributed by atoms with Crippen LogP contribution in [-0.4, -0.2) is 45.3 Å². The number of aromatic nitrogens is 4. The van der Waals surface area contributed by atoms with Gasteiger partial charge in [-0.15, -0.1) is 0 Å². The van der Waals surface area contributed by atoms with Crippen molar-refractivity contribution in [3.05, 3.63) is 48.8 Å². The molecule has 1 aliphatic rings. The van der Waals surface area contributed by atoms with Crippen molar-refractivity contribution in [2.24, 2.45) is 0 Å². The van der Waals surface area contributed by atoms with E-state index in [-0.39, 0.29) is 17.8 Å². The molecule has 0 bridgehead atoms. The predicted molar refractivity (Wildman–Crippen MR) is 115 cm³/mol. The molecule has 3 heterocycles. The molecule has 10 heteroatoms. The molecule has 2 aromatic heterocycles. The van der Waals surface area contributed by atoms with Crippen LogP contribution in [0.4, 0.5) is 11.8 Å². The molecule has 0 spiro atoms. The lowest BCUT2D eigenvalue weighted by atomic mass is 10.1. The van der Waals surface area contributed by atoms with E-state index in [1.165, 1.54) is 0 Å². The number of nitrogens with zero attached hydrogens (tertiary/aromatic N) is 5. The quantitative estimate of drug-likeness (QED) is 0.516. The molecule has 0 saturated carbocycles. The number of nitrogens with two attached hydrogens (primary N) is 2. The van der Waals surface area contributed by atoms with Crippen molar-refractivity contribution in [2.45, 2.75) is 23.8 Å². The van der Waals surface area contributed by atoms with Gasteiger partial charge in [-0.05, 0) is 24.3 Å². The van der Waals surface area contributed by atoms with Gasteiger partial charge in [0.05, 0.1) is 11.2 Å². The van der Waals surface area contributed by atoms with Crippen LogP contribution >= 0.6 is 0 Å². The molecule has 30 heavy (non-hydrogen) atoms. The summed E-state index contributed by atoms with van der Waals surface area (Å²) in [5.41, 5.74) is 12.7. The number of nitrogen functional groups attached to an aromatic ring is 2. The molecule has 4 aromatic rings. The maximum atomic E-state index is 13.3. The lowest BCUT2D eigenvalue weighted by molar-refractivity contribution is 0.277. The Morgan fingerprint density at radius 3 is 2.50 bits per heavy atom. The second kappa shape index (κ2) is 6.92. The van der Waals surface area contributed by atoms with Gasteiger partial charge in [0.2, 0.25) is 16.0 Å². The molecule has 154 valence electrons. The normalized spacial score (nSPS) is 16.4. The summed E-state index contributed by atoms with van der Waals surface area (Å²) in [6.45, 7) is 0.817. The van der Waals surface area contributed by atoms with Gasteiger partial charge in [-0.2, -0.15) is 14.3 Å². The fraction of sp³-hybridized carbons (Fsp3) is 0.250. The summed E-state index contributed by atoms with van der Waals surface area (Å²) >= 11 is 0. The average Bonchev–Trinajstić information content (AvgIpc) is 3.17. The summed E-state index contributed by atoms with van der Waals surface area (Å²) in [6.07, 6.45) is 2.95. The first-order valence-corrected chi connectivity index (χ1v) is 11.1. The smallest absolute Gasteiger partial charge is 0.243 e. The monoisotopic (exact) mass is 423 g/mol. The van der Waals surface area contributed by atoms with E-state index in [1.54, 1.807) is 22.8 Å². The molecule has 2 aromatic carbocycles. The zero-order valence-electron chi connectivity index (χ0n) is 16.1. The molecule has 0 atom stereocenters. The Labute approximate surface area is 173 Å². The Kier molecular flexibility index (Phi) is 4.33. The van der Waals surface area contributed by atoms with Gasteiger partial charge in [-0.25, -0.2) is 13.4 Å². The lowest BCUT2D eigenvalue weighted by Gasteiger charge is -2.32. The summed E-state index contributed by atoms with van der Waals surface area (Å²) in [6, 6.07) is 13.0. The van der Waals surface area contributed by atoms with E-state index in [0.29, 0.717) is 42.0 Å². The van der Waals surface area contributed by atoms with Gasteiger partial charge >= 0.3 is 0 Å². The maximum absolute atomic E-state index is 13.3. The highest BCUT2D eigenvalue weighted by atomic mass is 32.2. The fourth-order valence-corrected chi connectivity index (χ4v) is 5.83. The second-order valence-corrected chi connectivity index (χ2v) is 9.31. The SMILES string of the molecule is Nc1nc(N)c2ncn(C3CCN(S(=O)(=O)c4cccc5ccccc45)CC3)c2n1. The van der Waals surface area contributed by atoms with E-state index in [2.05, 4.69) is 15.0 Å². The van der Waals surface area contributed by atoms with E-state index >= 15 is 0 Å². The van der Waals surface area contributed by atoms with Crippen LogP contribution in [0.3, 0.4) is 0 Å². The van der Waals surface area contributed by atoms with Gasteiger partial charge in [0.15, 0.2) is 11.5 Å². The molecular formula is C20H21N7O2S. The minimum absolute atomic E-state index is 0.0580. The van der Waals surface area contributed by atoms with E-state index in [0.717, 1.165) is 10.8 Å². The molecule has 5 rings (SSSR count). The third-order valence-corrected chi connectivity index (χ3v) is 7.61. The summed E-state index contributed by atoms with van der Waals surface area (Å²) in [5.74, 6) is 0.338. The summed E-state index contributed by atoms with van der Waals surface area (Å²) in [4.78, 5) is 12.9. The van der Waals surface area contributed by atoms with Crippen molar-refractivity contribution in [1.82, 2.24) is 23.8 Å². The number of piperidine rings is 1. The van der Waals surface area contributed by atoms with Crippen LogP contribution in [-0.2, 0) is 10.0 Å². The van der Waals surface area contributed by atoms with Crippen LogP contribution in [0.2, 0.25) is 0 Å². The molecule has 1 aliphatic heterocycles. The third kappa shape index (κ3) is 2.96. The summed E-state index contributed by atoms with van der Waals surface area (Å²) in [7, 11) is -3.59. The summed E-state index contributed by atoms with van der Waals surface area (Å²) in [5, 5.41) is 1.65. The number of fused-ring (bicyclic) bond motifs is 2. The Hall–Kier alpha value is -3.24. The zero-order chi connectivity index (χ0) is 20.9. The number of benzene rings is 2. The lowest BCUT2D eigenvalue weighted by Crippen LogP contribution is -2.39. The van der Waals surface area contributed by atoms with Crippen LogP contribution in [0.1, 0.15) is 18.9 Å². The number of anilines is 2. The minimum atomic E-state index is -3.59. The fourth-order valence-electron chi connectivity index (χ4n) is 4.14. The molecule has 9 nitrogen and oxygen atoms in total. The molecule has 0 aliphatic carbocycles. The van der Waals surface area contributed by atoms with Gasteiger partial charge in [0, 0.05) is 24.5 Å². The van der Waals surface area contributed by atoms with Crippen LogP contribution in [0, 0.1) is 0 Å². The van der Waals surface area contributed by atoms with Crippen molar-refractivity contribution in [3.63, 3.8) is 0 Å². The number of sulfonamides is 1. The molecule has 4 N–H and O–H groups in total. The van der Waals surface area contributed by atoms with Gasteiger partial charge in [-0.1, -0.05) is 36.4 Å². The van der Waals surface area contributed by atoms with Gasteiger partial charge in [-0.3, -0.25) is 0 Å². The van der Waals surface area contributed by atoms with Crippen molar-refractivity contribution < 1.29 is 8.42 Å². The van der Waals surface area contributed by atoms with Crippen molar-refractivity contribution in [3.8, 4) is 0 Å². The van der Waals surface area contributed by atoms with Gasteiger partial charge in [0.25, 0.3) is 0 Å². The highest BCUT2D eigenvalue weighted by Crippen LogP contribution is 2.32. The van der Waals surface area contributed by atoms with E-state index in [9.17, 15) is 8.42 Å². The number of imidazole rings is 1. The van der Waals surface area contributed by atoms with E-state index in [1.807, 2.05) is 34.9 Å². The first kappa shape index (κ1) is 18.8. The van der Waals surface area contributed by atoms with E-state index < -0.39 is 10.0 Å². The molecule has 0 amide bonds. The third-order valence-electron chi connectivity index (χ3n) is 5.65. The first-order valence-electron chi connectivity index (χ1n) is 9.68. The maximum Gasteiger partial charge on any atom is 0.243 e. The molecule has 1 saturated heterocycles. The first-order chi connectivity index (χ1) is 14.4. The minimum Gasteiger partial charge on any atom is -0.382 e. The average molecular weight is 424 g/mol. The largest absolute Gasteiger partial charge is 0.382 e. The van der Waals surface area contributed by atoms with Crippen LogP contribution in [0.5, 0.6) is 0 Å². The molecular weight excluding hydrogens is 402 g/mol. The zero-order valence-corrected chi connectivity index (χ0v) is 17.0. The number of hydrogen-bond acceptors (Lipinski definition) is 7. The number of hydrogen-bond donors (Lipinski definition) is 2. The van der Waals surface area contributed by atoms with Crippen molar-refractivity contribution in [2.75, 3.05) is 24.6 Å².